The minimum Gasteiger partial charge on any atom is -0.469 e. The fourth-order valence-electron chi connectivity index (χ4n) is 2.76. The molecule has 2 rings (SSSR count). The number of fused-ring (bicyclic) bond motifs is 1. The van der Waals surface area contributed by atoms with Gasteiger partial charge in [0.25, 0.3) is 0 Å². The third-order valence-corrected chi connectivity index (χ3v) is 7.14. The number of sulfonamides is 1. The van der Waals surface area contributed by atoms with Gasteiger partial charge >= 0.3 is 5.97 Å². The minimum absolute atomic E-state index is 0.176. The standard InChI is InChI=1S/C14H22N2O4S2/c1-9(14(17)20-4)8-22(18,19)16(3)12-7-5-6-11-13(12)21-10(2)15-11/h9,12H,5-8H2,1-4H3/t9-,12+/m0/s1. The molecule has 0 bridgehead atoms. The van der Waals surface area contributed by atoms with Gasteiger partial charge in [-0.2, -0.15) is 4.31 Å². The first-order valence-electron chi connectivity index (χ1n) is 7.26. The highest BCUT2D eigenvalue weighted by molar-refractivity contribution is 7.89. The molecule has 0 radical (unpaired) electrons. The summed E-state index contributed by atoms with van der Waals surface area (Å²) in [5.41, 5.74) is 1.02. The third kappa shape index (κ3) is 3.49. The summed E-state index contributed by atoms with van der Waals surface area (Å²) in [6.07, 6.45) is 2.62. The molecule has 1 aliphatic rings. The summed E-state index contributed by atoms with van der Waals surface area (Å²) in [4.78, 5) is 17.0. The Morgan fingerprint density at radius 3 is 2.86 bits per heavy atom. The third-order valence-electron chi connectivity index (χ3n) is 3.97. The smallest absolute Gasteiger partial charge is 0.309 e. The zero-order chi connectivity index (χ0) is 16.5. The van der Waals surface area contributed by atoms with Gasteiger partial charge in [0.15, 0.2) is 0 Å². The van der Waals surface area contributed by atoms with Crippen LogP contribution in [-0.2, 0) is 26.0 Å². The van der Waals surface area contributed by atoms with Crippen molar-refractivity contribution in [2.45, 2.75) is 39.2 Å². The summed E-state index contributed by atoms with van der Waals surface area (Å²) in [6, 6.07) is -0.176. The largest absolute Gasteiger partial charge is 0.469 e. The van der Waals surface area contributed by atoms with Gasteiger partial charge in [0.1, 0.15) is 0 Å². The molecular formula is C14H22N2O4S2. The average Bonchev–Trinajstić information content (AvgIpc) is 2.84. The summed E-state index contributed by atoms with van der Waals surface area (Å²) >= 11 is 1.56. The Kier molecular flexibility index (Phi) is 5.24. The number of thiazole rings is 1. The Balaban J connectivity index is 2.20. The number of aryl methyl sites for hydroxylation is 2. The molecule has 0 aromatic carbocycles. The van der Waals surface area contributed by atoms with E-state index in [0.717, 1.165) is 34.8 Å². The van der Waals surface area contributed by atoms with Gasteiger partial charge in [-0.25, -0.2) is 13.4 Å². The van der Waals surface area contributed by atoms with Crippen LogP contribution in [0.1, 0.15) is 41.4 Å². The molecule has 0 unspecified atom stereocenters. The molecule has 0 amide bonds. The first kappa shape index (κ1) is 17.4. The van der Waals surface area contributed by atoms with E-state index in [9.17, 15) is 13.2 Å². The number of carbonyl (C=O) groups is 1. The Morgan fingerprint density at radius 2 is 2.23 bits per heavy atom. The maximum atomic E-state index is 12.6. The van der Waals surface area contributed by atoms with Crippen LogP contribution in [0.5, 0.6) is 0 Å². The molecule has 0 N–H and O–H groups in total. The first-order valence-corrected chi connectivity index (χ1v) is 9.68. The van der Waals surface area contributed by atoms with Crippen molar-refractivity contribution in [3.05, 3.63) is 15.6 Å². The molecule has 124 valence electrons. The molecule has 1 aromatic heterocycles. The van der Waals surface area contributed by atoms with Crippen molar-refractivity contribution in [2.24, 2.45) is 5.92 Å². The van der Waals surface area contributed by atoms with Crippen molar-refractivity contribution >= 4 is 27.3 Å². The molecule has 0 saturated carbocycles. The van der Waals surface area contributed by atoms with Gasteiger partial charge in [-0.3, -0.25) is 4.79 Å². The first-order chi connectivity index (χ1) is 10.3. The van der Waals surface area contributed by atoms with Crippen LogP contribution in [-0.4, -0.2) is 43.6 Å². The van der Waals surface area contributed by atoms with Crippen LogP contribution >= 0.6 is 11.3 Å². The van der Waals surface area contributed by atoms with Crippen molar-refractivity contribution in [2.75, 3.05) is 19.9 Å². The lowest BCUT2D eigenvalue weighted by atomic mass is 9.98. The van der Waals surface area contributed by atoms with Crippen molar-refractivity contribution in [3.8, 4) is 0 Å². The number of carbonyl (C=O) groups excluding carboxylic acids is 1. The summed E-state index contributed by atoms with van der Waals surface area (Å²) in [5, 5.41) is 0.964. The van der Waals surface area contributed by atoms with Crippen LogP contribution in [0.2, 0.25) is 0 Å². The van der Waals surface area contributed by atoms with Crippen LogP contribution in [0.25, 0.3) is 0 Å². The van der Waals surface area contributed by atoms with Crippen LogP contribution in [0.3, 0.4) is 0 Å². The lowest BCUT2D eigenvalue weighted by Gasteiger charge is -2.30. The Labute approximate surface area is 135 Å². The molecule has 1 aromatic rings. The number of methoxy groups -OCH3 is 1. The van der Waals surface area contributed by atoms with Gasteiger partial charge in [0, 0.05) is 11.9 Å². The van der Waals surface area contributed by atoms with E-state index >= 15 is 0 Å². The van der Waals surface area contributed by atoms with E-state index in [0.29, 0.717) is 0 Å². The van der Waals surface area contributed by atoms with Gasteiger partial charge in [-0.05, 0) is 26.2 Å². The van der Waals surface area contributed by atoms with Gasteiger partial charge in [-0.1, -0.05) is 6.92 Å². The highest BCUT2D eigenvalue weighted by Gasteiger charge is 2.35. The zero-order valence-corrected chi connectivity index (χ0v) is 15.0. The molecular weight excluding hydrogens is 324 g/mol. The summed E-state index contributed by atoms with van der Waals surface area (Å²) < 4.78 is 31.2. The van der Waals surface area contributed by atoms with E-state index in [2.05, 4.69) is 9.72 Å². The van der Waals surface area contributed by atoms with Crippen LogP contribution in [0, 0.1) is 12.8 Å². The fourth-order valence-corrected chi connectivity index (χ4v) is 5.58. The van der Waals surface area contributed by atoms with Crippen molar-refractivity contribution in [1.82, 2.24) is 9.29 Å². The second kappa shape index (κ2) is 6.64. The second-order valence-corrected chi connectivity index (χ2v) is 8.98. The van der Waals surface area contributed by atoms with Gasteiger partial charge in [0.2, 0.25) is 10.0 Å². The quantitative estimate of drug-likeness (QED) is 0.761. The van der Waals surface area contributed by atoms with E-state index in [4.69, 9.17) is 0 Å². The highest BCUT2D eigenvalue weighted by atomic mass is 32.2. The summed E-state index contributed by atoms with van der Waals surface area (Å²) in [7, 11) is -0.678. The number of aromatic nitrogens is 1. The lowest BCUT2D eigenvalue weighted by molar-refractivity contribution is -0.144. The van der Waals surface area contributed by atoms with Gasteiger partial charge in [-0.15, -0.1) is 11.3 Å². The number of hydrogen-bond acceptors (Lipinski definition) is 6. The Hall–Kier alpha value is -0.990. The zero-order valence-electron chi connectivity index (χ0n) is 13.3. The summed E-state index contributed by atoms with van der Waals surface area (Å²) in [5.74, 6) is -1.42. The average molecular weight is 346 g/mol. The van der Waals surface area contributed by atoms with E-state index in [-0.39, 0.29) is 11.8 Å². The Bertz CT molecular complexity index is 654. The van der Waals surface area contributed by atoms with Crippen LogP contribution in [0.15, 0.2) is 0 Å². The number of hydrogen-bond donors (Lipinski definition) is 0. The molecule has 0 saturated heterocycles. The van der Waals surface area contributed by atoms with E-state index in [1.54, 1.807) is 25.3 Å². The lowest BCUT2D eigenvalue weighted by Crippen LogP contribution is -2.37. The molecule has 8 heteroatoms. The molecule has 1 aliphatic carbocycles. The minimum atomic E-state index is -3.54. The number of esters is 1. The molecule has 0 spiro atoms. The maximum absolute atomic E-state index is 12.6. The second-order valence-electron chi connectivity index (χ2n) is 5.67. The van der Waals surface area contributed by atoms with Crippen molar-refractivity contribution < 1.29 is 17.9 Å². The predicted octanol–water partition coefficient (Wildman–Crippen LogP) is 1.90. The molecule has 22 heavy (non-hydrogen) atoms. The van der Waals surface area contributed by atoms with Crippen LogP contribution < -0.4 is 0 Å². The van der Waals surface area contributed by atoms with Gasteiger partial charge < -0.3 is 4.74 Å². The number of nitrogens with zero attached hydrogens (tertiary/aromatic N) is 2. The predicted molar refractivity (Wildman–Crippen MR) is 85.3 cm³/mol. The monoisotopic (exact) mass is 346 g/mol. The molecule has 0 fully saturated rings. The van der Waals surface area contributed by atoms with Crippen molar-refractivity contribution in [1.29, 1.82) is 0 Å². The van der Waals surface area contributed by atoms with Crippen molar-refractivity contribution in [3.63, 3.8) is 0 Å². The normalized spacial score (nSPS) is 19.8. The molecule has 0 aliphatic heterocycles. The highest BCUT2D eigenvalue weighted by Crippen LogP contribution is 2.38. The van der Waals surface area contributed by atoms with E-state index in [1.165, 1.54) is 11.4 Å². The molecule has 1 heterocycles. The topological polar surface area (TPSA) is 76.6 Å². The fraction of sp³-hybridized carbons (Fsp3) is 0.714. The van der Waals surface area contributed by atoms with E-state index < -0.39 is 21.9 Å². The van der Waals surface area contributed by atoms with Crippen LogP contribution in [0.4, 0.5) is 0 Å². The number of rotatable bonds is 5. The molecule has 2 atom stereocenters. The summed E-state index contributed by atoms with van der Waals surface area (Å²) in [6.45, 7) is 3.51. The molecule has 6 nitrogen and oxygen atoms in total. The SMILES string of the molecule is COC(=O)[C@@H](C)CS(=O)(=O)N(C)[C@@H]1CCCc2nc(C)sc21. The number of ether oxygens (including phenoxy) is 1. The van der Waals surface area contributed by atoms with Gasteiger partial charge in [0.05, 0.1) is 35.5 Å². The van der Waals surface area contributed by atoms with E-state index in [1.807, 2.05) is 6.92 Å². The maximum Gasteiger partial charge on any atom is 0.309 e. The Morgan fingerprint density at radius 1 is 1.55 bits per heavy atom.